The number of nitrogens with one attached hydrogen (secondary N) is 1. The van der Waals surface area contributed by atoms with Crippen molar-refractivity contribution in [2.24, 2.45) is 5.10 Å². The molecule has 0 bridgehead atoms. The molecule has 7 heteroatoms. The predicted octanol–water partition coefficient (Wildman–Crippen LogP) is 3.14. The Labute approximate surface area is 139 Å². The maximum atomic E-state index is 12.0. The molecule has 6 nitrogen and oxygen atoms in total. The Morgan fingerprint density at radius 2 is 2.26 bits per heavy atom. The van der Waals surface area contributed by atoms with Crippen LogP contribution in [0, 0.1) is 0 Å². The molecule has 3 rings (SSSR count). The molecule has 23 heavy (non-hydrogen) atoms. The second-order valence-electron chi connectivity index (χ2n) is 5.58. The van der Waals surface area contributed by atoms with Crippen molar-refractivity contribution in [3.63, 3.8) is 0 Å². The fourth-order valence-electron chi connectivity index (χ4n) is 2.95. The van der Waals surface area contributed by atoms with Gasteiger partial charge in [-0.2, -0.15) is 5.10 Å². The molecule has 2 aliphatic rings. The molecule has 0 radical (unpaired) electrons. The van der Waals surface area contributed by atoms with Crippen LogP contribution in [0.4, 0.5) is 15.3 Å². The number of carbonyl (C=O) groups excluding carboxylic acids is 2. The van der Waals surface area contributed by atoms with Crippen LogP contribution >= 0.6 is 11.8 Å². The quantitative estimate of drug-likeness (QED) is 0.857. The minimum Gasteiger partial charge on any atom is -0.452 e. The Kier molecular flexibility index (Phi) is 4.56. The number of hydrogen-bond donors (Lipinski definition) is 1. The maximum absolute atomic E-state index is 12.0. The van der Waals surface area contributed by atoms with Crippen LogP contribution in [0.1, 0.15) is 30.9 Å². The molecule has 0 saturated carbocycles. The molecular weight excluding hydrogens is 314 g/mol. The molecule has 0 aromatic heterocycles. The van der Waals surface area contributed by atoms with Gasteiger partial charge in [-0.05, 0) is 49.4 Å². The van der Waals surface area contributed by atoms with Crippen molar-refractivity contribution in [1.82, 2.24) is 5.43 Å². The van der Waals surface area contributed by atoms with Gasteiger partial charge in [0, 0.05) is 6.54 Å². The zero-order chi connectivity index (χ0) is 16.4. The van der Waals surface area contributed by atoms with Crippen LogP contribution in [0.5, 0.6) is 0 Å². The van der Waals surface area contributed by atoms with Gasteiger partial charge in [-0.3, -0.25) is 9.69 Å². The summed E-state index contributed by atoms with van der Waals surface area (Å²) < 4.78 is 4.89. The molecule has 2 aliphatic heterocycles. The standard InChI is InChI=1S/C16H19N3O3S/c1-10-14(17-18-15(20)23-10)12-6-7-13-11(9-12)5-3-4-8-19(13)16(21)22-2/h6-7,9-10H,3-5,8H2,1-2H3,(H,18,20). The zero-order valence-electron chi connectivity index (χ0n) is 13.2. The number of hydrazone groups is 1. The predicted molar refractivity (Wildman–Crippen MR) is 91.3 cm³/mol. The molecule has 0 saturated heterocycles. The minimum absolute atomic E-state index is 0.00397. The summed E-state index contributed by atoms with van der Waals surface area (Å²) in [6.45, 7) is 2.64. The Bertz CT molecular complexity index is 675. The van der Waals surface area contributed by atoms with Crippen LogP contribution in [0.3, 0.4) is 0 Å². The van der Waals surface area contributed by atoms with E-state index in [1.165, 1.54) is 18.9 Å². The van der Waals surface area contributed by atoms with E-state index in [0.29, 0.717) is 6.54 Å². The van der Waals surface area contributed by atoms with Gasteiger partial charge in [0.2, 0.25) is 0 Å². The van der Waals surface area contributed by atoms with E-state index in [1.54, 1.807) is 4.90 Å². The van der Waals surface area contributed by atoms with E-state index in [4.69, 9.17) is 4.74 Å². The number of carbonyl (C=O) groups is 2. The smallest absolute Gasteiger partial charge is 0.414 e. The molecule has 1 aromatic carbocycles. The van der Waals surface area contributed by atoms with E-state index in [2.05, 4.69) is 16.6 Å². The fourth-order valence-corrected chi connectivity index (χ4v) is 3.67. The molecule has 1 N–H and O–H groups in total. The lowest BCUT2D eigenvalue weighted by Crippen LogP contribution is -2.32. The van der Waals surface area contributed by atoms with Gasteiger partial charge in [0.15, 0.2) is 0 Å². The van der Waals surface area contributed by atoms with Crippen molar-refractivity contribution >= 4 is 34.5 Å². The van der Waals surface area contributed by atoms with Crippen molar-refractivity contribution in [1.29, 1.82) is 0 Å². The van der Waals surface area contributed by atoms with E-state index < -0.39 is 0 Å². The van der Waals surface area contributed by atoms with Gasteiger partial charge in [-0.15, -0.1) is 0 Å². The highest BCUT2D eigenvalue weighted by atomic mass is 32.2. The van der Waals surface area contributed by atoms with Gasteiger partial charge in [0.25, 0.3) is 5.24 Å². The largest absolute Gasteiger partial charge is 0.452 e. The molecule has 2 amide bonds. The third-order valence-electron chi connectivity index (χ3n) is 4.08. The van der Waals surface area contributed by atoms with Crippen LogP contribution in [-0.4, -0.2) is 35.9 Å². The SMILES string of the molecule is COC(=O)N1CCCCc2cc(C3=NNC(=O)SC3C)ccc21. The highest BCUT2D eigenvalue weighted by Gasteiger charge is 2.25. The summed E-state index contributed by atoms with van der Waals surface area (Å²) in [5, 5.41) is 4.07. The molecule has 0 spiro atoms. The number of fused-ring (bicyclic) bond motifs is 1. The first-order valence-corrected chi connectivity index (χ1v) is 8.51. The molecule has 1 atom stereocenters. The minimum atomic E-state index is -0.327. The van der Waals surface area contributed by atoms with Crippen LogP contribution in [0.15, 0.2) is 23.3 Å². The first kappa shape index (κ1) is 15.9. The van der Waals surface area contributed by atoms with E-state index in [9.17, 15) is 9.59 Å². The summed E-state index contributed by atoms with van der Waals surface area (Å²) in [5.74, 6) is 0. The summed E-state index contributed by atoms with van der Waals surface area (Å²) in [6, 6.07) is 5.97. The topological polar surface area (TPSA) is 71.0 Å². The normalized spacial score (nSPS) is 21.0. The Balaban J connectivity index is 1.97. The van der Waals surface area contributed by atoms with Gasteiger partial charge in [0.1, 0.15) is 0 Å². The van der Waals surface area contributed by atoms with Crippen LogP contribution in [-0.2, 0) is 11.2 Å². The highest BCUT2D eigenvalue weighted by molar-refractivity contribution is 8.14. The first-order valence-electron chi connectivity index (χ1n) is 7.63. The lowest BCUT2D eigenvalue weighted by Gasteiger charge is -2.23. The average molecular weight is 333 g/mol. The Morgan fingerprint density at radius 1 is 1.43 bits per heavy atom. The summed E-state index contributed by atoms with van der Waals surface area (Å²) >= 11 is 1.23. The van der Waals surface area contributed by atoms with Crippen molar-refractivity contribution in [2.45, 2.75) is 31.4 Å². The molecule has 122 valence electrons. The summed E-state index contributed by atoms with van der Waals surface area (Å²) in [4.78, 5) is 25.0. The molecule has 0 fully saturated rings. The van der Waals surface area contributed by atoms with Gasteiger partial charge < -0.3 is 4.74 Å². The number of nitrogens with zero attached hydrogens (tertiary/aromatic N) is 2. The van der Waals surface area contributed by atoms with Gasteiger partial charge in [0.05, 0.1) is 23.8 Å². The third kappa shape index (κ3) is 3.19. The number of methoxy groups -OCH3 is 1. The number of amides is 2. The zero-order valence-corrected chi connectivity index (χ0v) is 14.0. The van der Waals surface area contributed by atoms with Crippen molar-refractivity contribution in [3.05, 3.63) is 29.3 Å². The van der Waals surface area contributed by atoms with Crippen molar-refractivity contribution in [3.8, 4) is 0 Å². The van der Waals surface area contributed by atoms with Crippen molar-refractivity contribution in [2.75, 3.05) is 18.6 Å². The average Bonchev–Trinajstić information content (AvgIpc) is 2.76. The Hall–Kier alpha value is -2.02. The van der Waals surface area contributed by atoms with E-state index >= 15 is 0 Å². The Morgan fingerprint density at radius 3 is 3.00 bits per heavy atom. The molecule has 1 unspecified atom stereocenters. The first-order chi connectivity index (χ1) is 11.1. The lowest BCUT2D eigenvalue weighted by atomic mass is 10.0. The van der Waals surface area contributed by atoms with Crippen LogP contribution in [0.2, 0.25) is 0 Å². The number of benzene rings is 1. The van der Waals surface area contributed by atoms with Crippen LogP contribution < -0.4 is 10.3 Å². The molecule has 2 heterocycles. The monoisotopic (exact) mass is 333 g/mol. The van der Waals surface area contributed by atoms with E-state index in [0.717, 1.165) is 41.8 Å². The molecule has 1 aromatic rings. The van der Waals surface area contributed by atoms with E-state index in [-0.39, 0.29) is 16.6 Å². The number of rotatable bonds is 1. The number of thioether (sulfide) groups is 1. The number of aryl methyl sites for hydroxylation is 1. The fraction of sp³-hybridized carbons (Fsp3) is 0.438. The van der Waals surface area contributed by atoms with Crippen LogP contribution in [0.25, 0.3) is 0 Å². The van der Waals surface area contributed by atoms with Gasteiger partial charge >= 0.3 is 6.09 Å². The summed E-state index contributed by atoms with van der Waals surface area (Å²) in [5.41, 5.74) is 6.37. The lowest BCUT2D eigenvalue weighted by molar-refractivity contribution is 0.178. The highest BCUT2D eigenvalue weighted by Crippen LogP contribution is 2.30. The molecular formula is C16H19N3O3S. The number of anilines is 1. The summed E-state index contributed by atoms with van der Waals surface area (Å²) in [6.07, 6.45) is 2.56. The van der Waals surface area contributed by atoms with Crippen molar-refractivity contribution < 1.29 is 14.3 Å². The maximum Gasteiger partial charge on any atom is 0.414 e. The number of hydrogen-bond acceptors (Lipinski definition) is 5. The molecule has 0 aliphatic carbocycles. The summed E-state index contributed by atoms with van der Waals surface area (Å²) in [7, 11) is 1.40. The third-order valence-corrected chi connectivity index (χ3v) is 4.96. The van der Waals surface area contributed by atoms with Gasteiger partial charge in [-0.25, -0.2) is 10.2 Å². The number of ether oxygens (including phenoxy) is 1. The second-order valence-corrected chi connectivity index (χ2v) is 6.89. The second kappa shape index (κ2) is 6.62. The van der Waals surface area contributed by atoms with Gasteiger partial charge in [-0.1, -0.05) is 17.8 Å². The van der Waals surface area contributed by atoms with E-state index in [1.807, 2.05) is 19.1 Å².